The molecule has 0 amide bonds. The highest BCUT2D eigenvalue weighted by Crippen LogP contribution is 2.33. The van der Waals surface area contributed by atoms with Gasteiger partial charge >= 0.3 is 0 Å². The summed E-state index contributed by atoms with van der Waals surface area (Å²) in [6.07, 6.45) is 3.58. The molecule has 144 valence electrons. The topological polar surface area (TPSA) is 74.4 Å². The average molecular weight is 394 g/mol. The smallest absolute Gasteiger partial charge is 0.169 e. The number of benzene rings is 2. The summed E-state index contributed by atoms with van der Waals surface area (Å²) in [5, 5.41) is 0. The number of thiocarbonyl (C=S) groups is 1. The molecule has 0 radical (unpaired) electrons. The normalized spacial score (nSPS) is 9.64. The molecule has 0 saturated carbocycles. The molecule has 0 aliphatic rings. The van der Waals surface area contributed by atoms with E-state index in [9.17, 15) is 4.79 Å². The Kier molecular flexibility index (Phi) is 8.11. The lowest BCUT2D eigenvalue weighted by atomic mass is 10.0. The highest BCUT2D eigenvalue weighted by Gasteiger charge is 2.10. The van der Waals surface area contributed by atoms with E-state index in [0.717, 1.165) is 16.9 Å². The van der Waals surface area contributed by atoms with Crippen molar-refractivity contribution in [2.45, 2.75) is 6.42 Å². The summed E-state index contributed by atoms with van der Waals surface area (Å²) in [5.41, 5.74) is 7.86. The Morgan fingerprint density at radius 2 is 1.68 bits per heavy atom. The third-order valence-corrected chi connectivity index (χ3v) is 3.97. The van der Waals surface area contributed by atoms with Gasteiger partial charge in [-0.3, -0.25) is 9.78 Å². The van der Waals surface area contributed by atoms with Gasteiger partial charge in [-0.1, -0.05) is 42.5 Å². The van der Waals surface area contributed by atoms with E-state index in [0.29, 0.717) is 11.3 Å². The maximum absolute atomic E-state index is 11.9. The van der Waals surface area contributed by atoms with E-state index in [-0.39, 0.29) is 17.2 Å². The van der Waals surface area contributed by atoms with Gasteiger partial charge < -0.3 is 15.2 Å². The highest BCUT2D eigenvalue weighted by atomic mass is 32.1. The zero-order chi connectivity index (χ0) is 20.4. The predicted octanol–water partition coefficient (Wildman–Crippen LogP) is 4.31. The number of methoxy groups -OCH3 is 2. The number of rotatable bonds is 6. The zero-order valence-electron chi connectivity index (χ0n) is 15.8. The van der Waals surface area contributed by atoms with E-state index in [1.807, 2.05) is 48.5 Å². The third kappa shape index (κ3) is 6.17. The number of nitrogens with two attached hydrogens (primary N) is 1. The van der Waals surface area contributed by atoms with Crippen LogP contribution in [0.1, 0.15) is 16.8 Å². The van der Waals surface area contributed by atoms with Crippen LogP contribution in [0.5, 0.6) is 11.5 Å². The summed E-state index contributed by atoms with van der Waals surface area (Å²) in [4.78, 5) is 15.9. The molecule has 0 spiro atoms. The molecule has 0 bridgehead atoms. The van der Waals surface area contributed by atoms with E-state index >= 15 is 0 Å². The molecule has 6 heteroatoms. The Morgan fingerprint density at radius 3 is 2.14 bits per heavy atom. The minimum Gasteiger partial charge on any atom is -0.497 e. The molecule has 1 aromatic heterocycles. The van der Waals surface area contributed by atoms with Crippen molar-refractivity contribution in [1.82, 2.24) is 4.98 Å². The summed E-state index contributed by atoms with van der Waals surface area (Å²) in [6.45, 7) is 0. The number of aromatic nitrogens is 1. The molecule has 0 aliphatic heterocycles. The van der Waals surface area contributed by atoms with Crippen molar-refractivity contribution < 1.29 is 14.3 Å². The van der Waals surface area contributed by atoms with Crippen LogP contribution in [-0.4, -0.2) is 30.0 Å². The van der Waals surface area contributed by atoms with Crippen LogP contribution in [0.15, 0.2) is 73.1 Å². The van der Waals surface area contributed by atoms with Crippen molar-refractivity contribution in [1.29, 1.82) is 0 Å². The molecule has 0 atom stereocenters. The lowest BCUT2D eigenvalue weighted by Gasteiger charge is -2.11. The number of ketones is 1. The first-order valence-corrected chi connectivity index (χ1v) is 8.95. The largest absolute Gasteiger partial charge is 0.497 e. The second-order valence-electron chi connectivity index (χ2n) is 5.73. The Bertz CT molecular complexity index is 886. The molecule has 0 aliphatic carbocycles. The second kappa shape index (κ2) is 10.8. The Morgan fingerprint density at radius 1 is 1.00 bits per heavy atom. The Balaban J connectivity index is 0.000000397. The SMILES string of the molecule is COc1ccc(-c2ccc(C(=O)CC(N)=S)cc2)c(OC)c1.c1ccncc1. The van der Waals surface area contributed by atoms with Gasteiger partial charge in [0.05, 0.1) is 25.6 Å². The first-order chi connectivity index (χ1) is 13.5. The van der Waals surface area contributed by atoms with Gasteiger partial charge in [0.25, 0.3) is 0 Å². The maximum atomic E-state index is 11.9. The van der Waals surface area contributed by atoms with Crippen LogP contribution in [0.25, 0.3) is 11.1 Å². The van der Waals surface area contributed by atoms with Gasteiger partial charge in [-0.2, -0.15) is 0 Å². The fraction of sp³-hybridized carbons (Fsp3) is 0.136. The molecule has 0 unspecified atom stereocenters. The molecule has 2 N–H and O–H groups in total. The Labute approximate surface area is 170 Å². The number of Topliss-reactive ketones (excluding diaryl/α,β-unsaturated/α-hetero) is 1. The minimum absolute atomic E-state index is 0.0826. The lowest BCUT2D eigenvalue weighted by molar-refractivity contribution is 0.100. The molecule has 0 fully saturated rings. The van der Waals surface area contributed by atoms with Crippen LogP contribution in [0.3, 0.4) is 0 Å². The Hall–Kier alpha value is -3.25. The standard InChI is InChI=1S/C17H17NO3S.C5H5N/c1-20-13-7-8-14(16(9-13)21-2)11-3-5-12(6-4-11)15(19)10-17(18)22;1-2-4-6-5-3-1/h3-9H,10H2,1-2H3,(H2,18,22);1-5H. The number of carbonyl (C=O) groups is 1. The number of pyridine rings is 1. The molecule has 3 rings (SSSR count). The van der Waals surface area contributed by atoms with Gasteiger partial charge in [-0.05, 0) is 29.8 Å². The van der Waals surface area contributed by atoms with Crippen molar-refractivity contribution in [3.8, 4) is 22.6 Å². The van der Waals surface area contributed by atoms with Crippen molar-refractivity contribution in [3.63, 3.8) is 0 Å². The van der Waals surface area contributed by atoms with Crippen LogP contribution in [0, 0.1) is 0 Å². The molecule has 0 saturated heterocycles. The van der Waals surface area contributed by atoms with E-state index in [2.05, 4.69) is 4.98 Å². The molecule has 5 nitrogen and oxygen atoms in total. The average Bonchev–Trinajstić information content (AvgIpc) is 2.74. The molecular formula is C22H22N2O3S. The number of hydrogen-bond donors (Lipinski definition) is 1. The van der Waals surface area contributed by atoms with Crippen LogP contribution in [-0.2, 0) is 0 Å². The third-order valence-electron chi connectivity index (χ3n) is 3.83. The van der Waals surface area contributed by atoms with Gasteiger partial charge in [0.15, 0.2) is 5.78 Å². The highest BCUT2D eigenvalue weighted by molar-refractivity contribution is 7.80. The zero-order valence-corrected chi connectivity index (χ0v) is 16.6. The van der Waals surface area contributed by atoms with Gasteiger partial charge in [-0.15, -0.1) is 0 Å². The fourth-order valence-electron chi connectivity index (χ4n) is 2.45. The summed E-state index contributed by atoms with van der Waals surface area (Å²) >= 11 is 4.76. The van der Waals surface area contributed by atoms with Crippen molar-refractivity contribution in [2.75, 3.05) is 14.2 Å². The van der Waals surface area contributed by atoms with Gasteiger partial charge in [0, 0.05) is 29.6 Å². The number of ether oxygens (including phenoxy) is 2. The quantitative estimate of drug-likeness (QED) is 0.496. The first kappa shape index (κ1) is 21.1. The summed E-state index contributed by atoms with van der Waals surface area (Å²) in [5.74, 6) is 1.35. The number of nitrogens with zero attached hydrogens (tertiary/aromatic N) is 1. The minimum atomic E-state index is -0.0826. The molecule has 2 aromatic carbocycles. The van der Waals surface area contributed by atoms with Gasteiger partial charge in [0.2, 0.25) is 0 Å². The van der Waals surface area contributed by atoms with Crippen molar-refractivity contribution in [2.24, 2.45) is 5.73 Å². The van der Waals surface area contributed by atoms with Crippen LogP contribution >= 0.6 is 12.2 Å². The van der Waals surface area contributed by atoms with Crippen molar-refractivity contribution in [3.05, 3.63) is 78.6 Å². The van der Waals surface area contributed by atoms with E-state index < -0.39 is 0 Å². The van der Waals surface area contributed by atoms with Crippen molar-refractivity contribution >= 4 is 23.0 Å². The summed E-state index contributed by atoms with van der Waals surface area (Å²) < 4.78 is 10.6. The number of hydrogen-bond acceptors (Lipinski definition) is 5. The fourth-order valence-corrected chi connectivity index (χ4v) is 2.58. The van der Waals surface area contributed by atoms with E-state index in [1.165, 1.54) is 0 Å². The maximum Gasteiger partial charge on any atom is 0.169 e. The van der Waals surface area contributed by atoms with Crippen LogP contribution in [0.2, 0.25) is 0 Å². The monoisotopic (exact) mass is 394 g/mol. The van der Waals surface area contributed by atoms with Crippen LogP contribution in [0.4, 0.5) is 0 Å². The van der Waals surface area contributed by atoms with Crippen LogP contribution < -0.4 is 15.2 Å². The summed E-state index contributed by atoms with van der Waals surface area (Å²) in [7, 11) is 3.22. The second-order valence-corrected chi connectivity index (χ2v) is 6.26. The lowest BCUT2D eigenvalue weighted by Crippen LogP contribution is -2.14. The van der Waals surface area contributed by atoms with E-state index in [4.69, 9.17) is 27.4 Å². The van der Waals surface area contributed by atoms with E-state index in [1.54, 1.807) is 38.7 Å². The molecule has 1 heterocycles. The van der Waals surface area contributed by atoms with Gasteiger partial charge in [0.1, 0.15) is 11.5 Å². The predicted molar refractivity (Wildman–Crippen MR) is 115 cm³/mol. The first-order valence-electron chi connectivity index (χ1n) is 8.54. The number of carbonyl (C=O) groups excluding carboxylic acids is 1. The molecule has 28 heavy (non-hydrogen) atoms. The molecular weight excluding hydrogens is 372 g/mol. The van der Waals surface area contributed by atoms with Gasteiger partial charge in [-0.25, -0.2) is 0 Å². The summed E-state index contributed by atoms with van der Waals surface area (Å²) in [6, 6.07) is 18.6. The molecule has 3 aromatic rings.